The highest BCUT2D eigenvalue weighted by atomic mass is 79.9. The standard InChI is InChI=1S/C12H11BrN4O3S/c1-6-11(19)17(12(21)16-15-6)14-5-7-3-4-8(20-2)10(18)9(7)13/h3-5,18H,1-2H3,(H,16,21)/b14-5+. The summed E-state index contributed by atoms with van der Waals surface area (Å²) in [7, 11) is 1.45. The summed E-state index contributed by atoms with van der Waals surface area (Å²) >= 11 is 8.20. The molecule has 9 heteroatoms. The molecular weight excluding hydrogens is 360 g/mol. The summed E-state index contributed by atoms with van der Waals surface area (Å²) in [5, 5.41) is 20.2. The zero-order valence-electron chi connectivity index (χ0n) is 11.1. The van der Waals surface area contributed by atoms with Gasteiger partial charge in [-0.2, -0.15) is 14.9 Å². The molecule has 0 fully saturated rings. The number of rotatable bonds is 3. The average molecular weight is 371 g/mol. The molecule has 1 aromatic carbocycles. The number of methoxy groups -OCH3 is 1. The van der Waals surface area contributed by atoms with E-state index in [0.29, 0.717) is 15.8 Å². The fraction of sp³-hybridized carbons (Fsp3) is 0.167. The number of nitrogens with zero attached hydrogens (tertiary/aromatic N) is 3. The number of nitrogens with one attached hydrogen (secondary N) is 1. The van der Waals surface area contributed by atoms with Crippen LogP contribution in [0.15, 0.2) is 26.5 Å². The Bertz CT molecular complexity index is 828. The van der Waals surface area contributed by atoms with Gasteiger partial charge in [0.25, 0.3) is 5.56 Å². The van der Waals surface area contributed by atoms with Crippen molar-refractivity contribution in [1.29, 1.82) is 0 Å². The number of hydrogen-bond acceptors (Lipinski definition) is 6. The summed E-state index contributed by atoms with van der Waals surface area (Å²) in [5.41, 5.74) is 0.394. The summed E-state index contributed by atoms with van der Waals surface area (Å²) in [4.78, 5) is 11.9. The molecule has 2 N–H and O–H groups in total. The molecule has 0 unspecified atom stereocenters. The third-order valence-corrected chi connectivity index (χ3v) is 3.75. The number of H-pyrrole nitrogens is 1. The molecule has 2 aromatic rings. The van der Waals surface area contributed by atoms with Gasteiger partial charge in [0.15, 0.2) is 11.5 Å². The fourth-order valence-electron chi connectivity index (χ4n) is 1.52. The van der Waals surface area contributed by atoms with E-state index in [4.69, 9.17) is 17.0 Å². The Morgan fingerprint density at radius 1 is 1.57 bits per heavy atom. The molecular formula is C12H11BrN4O3S. The number of benzene rings is 1. The van der Waals surface area contributed by atoms with Crippen molar-refractivity contribution >= 4 is 34.4 Å². The van der Waals surface area contributed by atoms with Crippen molar-refractivity contribution in [2.75, 3.05) is 7.11 Å². The van der Waals surface area contributed by atoms with Gasteiger partial charge in [-0.05, 0) is 47.2 Å². The first kappa shape index (κ1) is 15.4. The van der Waals surface area contributed by atoms with Crippen LogP contribution in [0.3, 0.4) is 0 Å². The Kier molecular flexibility index (Phi) is 4.53. The lowest BCUT2D eigenvalue weighted by atomic mass is 10.2. The molecule has 0 amide bonds. The quantitative estimate of drug-likeness (QED) is 0.636. The topological polar surface area (TPSA) is 92.5 Å². The molecule has 0 spiro atoms. The number of aromatic hydroxyl groups is 1. The molecule has 2 rings (SSSR count). The van der Waals surface area contributed by atoms with Crippen molar-refractivity contribution in [3.05, 3.63) is 43.0 Å². The minimum absolute atomic E-state index is 0.0511. The summed E-state index contributed by atoms with van der Waals surface area (Å²) in [5.74, 6) is 0.276. The predicted octanol–water partition coefficient (Wildman–Crippen LogP) is 1.97. The number of aromatic nitrogens is 3. The van der Waals surface area contributed by atoms with Crippen LogP contribution >= 0.6 is 28.1 Å². The zero-order valence-corrected chi connectivity index (χ0v) is 13.5. The van der Waals surface area contributed by atoms with E-state index in [1.165, 1.54) is 13.3 Å². The van der Waals surface area contributed by atoms with Crippen LogP contribution in [0.5, 0.6) is 11.5 Å². The lowest BCUT2D eigenvalue weighted by Gasteiger charge is -2.07. The van der Waals surface area contributed by atoms with Gasteiger partial charge in [0.05, 0.1) is 17.8 Å². The van der Waals surface area contributed by atoms with Crippen molar-refractivity contribution in [3.63, 3.8) is 0 Å². The molecule has 0 atom stereocenters. The zero-order chi connectivity index (χ0) is 15.6. The second-order valence-electron chi connectivity index (χ2n) is 4.00. The van der Waals surface area contributed by atoms with Gasteiger partial charge >= 0.3 is 0 Å². The number of aromatic amines is 1. The highest BCUT2D eigenvalue weighted by Crippen LogP contribution is 2.35. The maximum absolute atomic E-state index is 11.9. The molecule has 1 aromatic heterocycles. The van der Waals surface area contributed by atoms with Gasteiger partial charge in [0.2, 0.25) is 4.77 Å². The fourth-order valence-corrected chi connectivity index (χ4v) is 2.13. The van der Waals surface area contributed by atoms with E-state index in [2.05, 4.69) is 31.2 Å². The number of phenolic OH excluding ortho intramolecular Hbond substituents is 1. The van der Waals surface area contributed by atoms with E-state index >= 15 is 0 Å². The Labute approximate surface area is 133 Å². The first-order chi connectivity index (χ1) is 9.95. The van der Waals surface area contributed by atoms with Crippen LogP contribution in [0.25, 0.3) is 0 Å². The lowest BCUT2D eigenvalue weighted by Crippen LogP contribution is -2.22. The predicted molar refractivity (Wildman–Crippen MR) is 83.8 cm³/mol. The number of phenols is 1. The monoisotopic (exact) mass is 370 g/mol. The van der Waals surface area contributed by atoms with E-state index in [0.717, 1.165) is 4.68 Å². The van der Waals surface area contributed by atoms with Gasteiger partial charge in [-0.3, -0.25) is 9.89 Å². The minimum Gasteiger partial charge on any atom is -0.503 e. The summed E-state index contributed by atoms with van der Waals surface area (Å²) in [6.45, 7) is 1.55. The van der Waals surface area contributed by atoms with Gasteiger partial charge in [-0.15, -0.1) is 0 Å². The van der Waals surface area contributed by atoms with Crippen LogP contribution in [0.4, 0.5) is 0 Å². The van der Waals surface area contributed by atoms with E-state index in [-0.39, 0.29) is 16.2 Å². The van der Waals surface area contributed by atoms with Crippen LogP contribution in [0.1, 0.15) is 11.3 Å². The first-order valence-corrected chi connectivity index (χ1v) is 6.94. The SMILES string of the molecule is COc1ccc(/C=N/n2c(=S)[nH]nc(C)c2=O)c(Br)c1O. The highest BCUT2D eigenvalue weighted by molar-refractivity contribution is 9.10. The third-order valence-electron chi connectivity index (χ3n) is 2.65. The van der Waals surface area contributed by atoms with Crippen molar-refractivity contribution in [2.24, 2.45) is 5.10 Å². The Hall–Kier alpha value is -2.00. The molecule has 0 radical (unpaired) electrons. The molecule has 0 saturated heterocycles. The van der Waals surface area contributed by atoms with Crippen LogP contribution in [-0.4, -0.2) is 33.3 Å². The first-order valence-electron chi connectivity index (χ1n) is 5.74. The number of halogens is 1. The van der Waals surface area contributed by atoms with Crippen LogP contribution in [0, 0.1) is 11.7 Å². The van der Waals surface area contributed by atoms with Crippen LogP contribution < -0.4 is 10.3 Å². The molecule has 1 heterocycles. The second-order valence-corrected chi connectivity index (χ2v) is 5.18. The molecule has 0 aliphatic heterocycles. The molecule has 0 saturated carbocycles. The maximum Gasteiger partial charge on any atom is 0.296 e. The van der Waals surface area contributed by atoms with Crippen molar-refractivity contribution in [3.8, 4) is 11.5 Å². The van der Waals surface area contributed by atoms with Crippen molar-refractivity contribution in [1.82, 2.24) is 14.9 Å². The van der Waals surface area contributed by atoms with Gasteiger partial charge < -0.3 is 9.84 Å². The van der Waals surface area contributed by atoms with E-state index in [9.17, 15) is 9.90 Å². The lowest BCUT2D eigenvalue weighted by molar-refractivity contribution is 0.372. The number of ether oxygens (including phenoxy) is 1. The van der Waals surface area contributed by atoms with Gasteiger partial charge in [-0.25, -0.2) is 0 Å². The summed E-state index contributed by atoms with van der Waals surface area (Å²) < 4.78 is 6.49. The largest absolute Gasteiger partial charge is 0.503 e. The van der Waals surface area contributed by atoms with Crippen LogP contribution in [-0.2, 0) is 0 Å². The van der Waals surface area contributed by atoms with Crippen LogP contribution in [0.2, 0.25) is 0 Å². The van der Waals surface area contributed by atoms with Crippen molar-refractivity contribution < 1.29 is 9.84 Å². The Morgan fingerprint density at radius 3 is 2.95 bits per heavy atom. The molecule has 0 aliphatic rings. The molecule has 7 nitrogen and oxygen atoms in total. The maximum atomic E-state index is 11.9. The molecule has 21 heavy (non-hydrogen) atoms. The average Bonchev–Trinajstić information content (AvgIpc) is 2.47. The highest BCUT2D eigenvalue weighted by Gasteiger charge is 2.09. The Morgan fingerprint density at radius 2 is 2.29 bits per heavy atom. The third kappa shape index (κ3) is 3.03. The normalized spacial score (nSPS) is 11.0. The summed E-state index contributed by atoms with van der Waals surface area (Å²) in [6.07, 6.45) is 1.40. The second kappa shape index (κ2) is 6.19. The van der Waals surface area contributed by atoms with Crippen molar-refractivity contribution in [2.45, 2.75) is 6.92 Å². The molecule has 0 bridgehead atoms. The van der Waals surface area contributed by atoms with Gasteiger partial charge in [0.1, 0.15) is 5.69 Å². The minimum atomic E-state index is -0.413. The van der Waals surface area contributed by atoms with Gasteiger partial charge in [0, 0.05) is 5.56 Å². The Balaban J connectivity index is 2.49. The number of hydrogen-bond donors (Lipinski definition) is 2. The van der Waals surface area contributed by atoms with E-state index in [1.54, 1.807) is 19.1 Å². The van der Waals surface area contributed by atoms with E-state index in [1.807, 2.05) is 0 Å². The summed E-state index contributed by atoms with van der Waals surface area (Å²) in [6, 6.07) is 3.26. The molecule has 0 aliphatic carbocycles. The number of aryl methyl sites for hydroxylation is 1. The smallest absolute Gasteiger partial charge is 0.296 e. The van der Waals surface area contributed by atoms with Gasteiger partial charge in [-0.1, -0.05) is 0 Å². The van der Waals surface area contributed by atoms with E-state index < -0.39 is 5.56 Å². The molecule has 110 valence electrons.